The van der Waals surface area contributed by atoms with E-state index in [1.807, 2.05) is 0 Å². The van der Waals surface area contributed by atoms with Crippen molar-refractivity contribution in [3.05, 3.63) is 35.9 Å². The summed E-state index contributed by atoms with van der Waals surface area (Å²) >= 11 is 0. The van der Waals surface area contributed by atoms with Gasteiger partial charge in [0, 0.05) is 13.2 Å². The minimum absolute atomic E-state index is 0.747. The minimum Gasteiger partial charge on any atom is -0.381 e. The molecular weight excluding hydrogens is 196 g/mol. The Kier molecular flexibility index (Phi) is 6.91. The lowest BCUT2D eigenvalue weighted by molar-refractivity contribution is 0.0948. The summed E-state index contributed by atoms with van der Waals surface area (Å²) in [5, 5.41) is 0. The van der Waals surface area contributed by atoms with Gasteiger partial charge in [-0.25, -0.2) is 0 Å². The van der Waals surface area contributed by atoms with E-state index in [-0.39, 0.29) is 0 Å². The molecule has 1 heteroatoms. The first-order valence-electron chi connectivity index (χ1n) is 6.48. The molecule has 1 nitrogen and oxygen atoms in total. The largest absolute Gasteiger partial charge is 0.381 e. The van der Waals surface area contributed by atoms with E-state index in [9.17, 15) is 0 Å². The van der Waals surface area contributed by atoms with Gasteiger partial charge in [0.05, 0.1) is 0 Å². The molecule has 0 aliphatic carbocycles. The predicted molar refractivity (Wildman–Crippen MR) is 69.7 cm³/mol. The molecule has 0 spiro atoms. The van der Waals surface area contributed by atoms with Crippen molar-refractivity contribution < 1.29 is 4.74 Å². The first-order valence-corrected chi connectivity index (χ1v) is 6.48. The molecule has 0 heterocycles. The maximum atomic E-state index is 5.70. The van der Waals surface area contributed by atoms with E-state index in [4.69, 9.17) is 4.74 Å². The normalized spacial score (nSPS) is 10.9. The fourth-order valence-electron chi connectivity index (χ4n) is 1.80. The highest BCUT2D eigenvalue weighted by Crippen LogP contribution is 2.08. The van der Waals surface area contributed by atoms with Crippen LogP contribution in [0, 0.1) is 5.92 Å². The molecule has 0 aliphatic rings. The summed E-state index contributed by atoms with van der Waals surface area (Å²) in [6.07, 6.45) is 4.72. The van der Waals surface area contributed by atoms with Crippen molar-refractivity contribution in [2.24, 2.45) is 5.92 Å². The highest BCUT2D eigenvalue weighted by atomic mass is 16.5. The average molecular weight is 220 g/mol. The van der Waals surface area contributed by atoms with Crippen LogP contribution in [-0.2, 0) is 11.2 Å². The van der Waals surface area contributed by atoms with Crippen LogP contribution in [0.1, 0.15) is 38.7 Å². The molecule has 0 atom stereocenters. The van der Waals surface area contributed by atoms with Crippen molar-refractivity contribution in [2.75, 3.05) is 13.2 Å². The molecule has 0 saturated carbocycles. The first-order chi connectivity index (χ1) is 7.86. The molecular formula is C15H24O. The monoisotopic (exact) mass is 220 g/mol. The van der Waals surface area contributed by atoms with Crippen LogP contribution in [0.15, 0.2) is 30.3 Å². The number of rotatable bonds is 8. The van der Waals surface area contributed by atoms with Crippen LogP contribution in [-0.4, -0.2) is 13.2 Å². The third-order valence-electron chi connectivity index (χ3n) is 3.11. The molecule has 0 bridgehead atoms. The van der Waals surface area contributed by atoms with Crippen LogP contribution in [0.5, 0.6) is 0 Å². The van der Waals surface area contributed by atoms with Crippen molar-refractivity contribution in [2.45, 2.75) is 39.5 Å². The summed E-state index contributed by atoms with van der Waals surface area (Å²) < 4.78 is 5.70. The predicted octanol–water partition coefficient (Wildman–Crippen LogP) is 4.07. The molecule has 0 N–H and O–H groups in total. The van der Waals surface area contributed by atoms with E-state index < -0.39 is 0 Å². The van der Waals surface area contributed by atoms with Crippen molar-refractivity contribution >= 4 is 0 Å². The van der Waals surface area contributed by atoms with E-state index in [0.29, 0.717) is 0 Å². The van der Waals surface area contributed by atoms with Gasteiger partial charge in [-0.2, -0.15) is 0 Å². The third kappa shape index (κ3) is 5.32. The number of ether oxygens (including phenoxy) is 1. The summed E-state index contributed by atoms with van der Waals surface area (Å²) in [6.45, 7) is 6.30. The highest BCUT2D eigenvalue weighted by Gasteiger charge is 2.02. The topological polar surface area (TPSA) is 9.23 Å². The Labute approximate surface area is 99.8 Å². The lowest BCUT2D eigenvalue weighted by atomic mass is 10.1. The first kappa shape index (κ1) is 13.2. The summed E-state index contributed by atoms with van der Waals surface area (Å²) in [5.74, 6) is 0.747. The molecule has 0 aromatic heterocycles. The SMILES string of the molecule is CCC(CC)COCCCc1ccccc1. The zero-order valence-electron chi connectivity index (χ0n) is 10.6. The van der Waals surface area contributed by atoms with Gasteiger partial charge >= 0.3 is 0 Å². The Morgan fingerprint density at radius 3 is 2.38 bits per heavy atom. The van der Waals surface area contributed by atoms with Crippen molar-refractivity contribution in [1.29, 1.82) is 0 Å². The second-order valence-corrected chi connectivity index (χ2v) is 4.35. The highest BCUT2D eigenvalue weighted by molar-refractivity contribution is 5.14. The Morgan fingerprint density at radius 1 is 1.06 bits per heavy atom. The second kappa shape index (κ2) is 8.35. The number of hydrogen-bond acceptors (Lipinski definition) is 1. The van der Waals surface area contributed by atoms with Crippen LogP contribution >= 0.6 is 0 Å². The average Bonchev–Trinajstić information content (AvgIpc) is 2.35. The molecule has 1 aromatic carbocycles. The smallest absolute Gasteiger partial charge is 0.0494 e. The quantitative estimate of drug-likeness (QED) is 0.600. The van der Waals surface area contributed by atoms with Gasteiger partial charge in [0.1, 0.15) is 0 Å². The van der Waals surface area contributed by atoms with Crippen LogP contribution in [0.4, 0.5) is 0 Å². The van der Waals surface area contributed by atoms with Gasteiger partial charge < -0.3 is 4.74 Å². The Hall–Kier alpha value is -0.820. The van der Waals surface area contributed by atoms with E-state index in [2.05, 4.69) is 44.2 Å². The van der Waals surface area contributed by atoms with E-state index >= 15 is 0 Å². The van der Waals surface area contributed by atoms with Crippen molar-refractivity contribution in [1.82, 2.24) is 0 Å². The van der Waals surface area contributed by atoms with Gasteiger partial charge in [-0.15, -0.1) is 0 Å². The van der Waals surface area contributed by atoms with Crippen molar-refractivity contribution in [3.8, 4) is 0 Å². The molecule has 0 saturated heterocycles. The van der Waals surface area contributed by atoms with E-state index in [1.165, 1.54) is 18.4 Å². The molecule has 0 amide bonds. The summed E-state index contributed by atoms with van der Waals surface area (Å²) in [5.41, 5.74) is 1.41. The van der Waals surface area contributed by atoms with E-state index in [0.717, 1.165) is 32.0 Å². The van der Waals surface area contributed by atoms with Gasteiger partial charge in [-0.3, -0.25) is 0 Å². The Morgan fingerprint density at radius 2 is 1.75 bits per heavy atom. The zero-order valence-corrected chi connectivity index (χ0v) is 10.6. The molecule has 1 rings (SSSR count). The number of benzene rings is 1. The van der Waals surface area contributed by atoms with Crippen LogP contribution in [0.25, 0.3) is 0 Å². The van der Waals surface area contributed by atoms with Gasteiger partial charge in [0.25, 0.3) is 0 Å². The standard InChI is InChI=1S/C15H24O/c1-3-14(4-2)13-16-12-8-11-15-9-6-5-7-10-15/h5-7,9-10,14H,3-4,8,11-13H2,1-2H3. The maximum absolute atomic E-state index is 5.70. The number of hydrogen-bond donors (Lipinski definition) is 0. The molecule has 16 heavy (non-hydrogen) atoms. The van der Waals surface area contributed by atoms with E-state index in [1.54, 1.807) is 0 Å². The van der Waals surface area contributed by atoms with Crippen LogP contribution < -0.4 is 0 Å². The summed E-state index contributed by atoms with van der Waals surface area (Å²) in [7, 11) is 0. The molecule has 0 radical (unpaired) electrons. The number of aryl methyl sites for hydroxylation is 1. The zero-order chi connectivity index (χ0) is 11.6. The molecule has 0 fully saturated rings. The van der Waals surface area contributed by atoms with Gasteiger partial charge in [-0.05, 0) is 24.3 Å². The van der Waals surface area contributed by atoms with Gasteiger partial charge in [0.2, 0.25) is 0 Å². The second-order valence-electron chi connectivity index (χ2n) is 4.35. The molecule has 1 aromatic rings. The minimum atomic E-state index is 0.747. The van der Waals surface area contributed by atoms with Crippen LogP contribution in [0.2, 0.25) is 0 Å². The molecule has 0 aliphatic heterocycles. The van der Waals surface area contributed by atoms with Gasteiger partial charge in [-0.1, -0.05) is 57.0 Å². The van der Waals surface area contributed by atoms with Crippen molar-refractivity contribution in [3.63, 3.8) is 0 Å². The summed E-state index contributed by atoms with van der Waals surface area (Å²) in [4.78, 5) is 0. The Bertz CT molecular complexity index is 251. The van der Waals surface area contributed by atoms with Gasteiger partial charge in [0.15, 0.2) is 0 Å². The molecule has 90 valence electrons. The third-order valence-corrected chi connectivity index (χ3v) is 3.11. The Balaban J connectivity index is 2.04. The maximum Gasteiger partial charge on any atom is 0.0494 e. The fraction of sp³-hybridized carbons (Fsp3) is 0.600. The summed E-state index contributed by atoms with van der Waals surface area (Å²) in [6, 6.07) is 10.6. The van der Waals surface area contributed by atoms with Crippen LogP contribution in [0.3, 0.4) is 0 Å². The molecule has 0 unspecified atom stereocenters. The lowest BCUT2D eigenvalue weighted by Crippen LogP contribution is -2.08. The fourth-order valence-corrected chi connectivity index (χ4v) is 1.80. The lowest BCUT2D eigenvalue weighted by Gasteiger charge is -2.12.